The molecule has 1 aliphatic heterocycles. The van der Waals surface area contributed by atoms with Crippen molar-refractivity contribution in [3.63, 3.8) is 0 Å². The van der Waals surface area contributed by atoms with Gasteiger partial charge in [-0.1, -0.05) is 101 Å². The van der Waals surface area contributed by atoms with Crippen LogP contribution in [-0.2, 0) is 32.3 Å². The lowest BCUT2D eigenvalue weighted by molar-refractivity contribution is -0.130. The van der Waals surface area contributed by atoms with E-state index < -0.39 is 30.2 Å². The summed E-state index contributed by atoms with van der Waals surface area (Å²) in [6, 6.07) is 16.0. The fourth-order valence-corrected chi connectivity index (χ4v) is 4.39. The number of carbonyl (C=O) groups is 4. The number of nitrogens with zero attached hydrogens (tertiary/aromatic N) is 1. The number of amides is 3. The summed E-state index contributed by atoms with van der Waals surface area (Å²) in [6.07, 6.45) is 1.98. The molecule has 1 aliphatic rings. The van der Waals surface area contributed by atoms with E-state index in [9.17, 15) is 19.2 Å². The van der Waals surface area contributed by atoms with Gasteiger partial charge in [-0.2, -0.15) is 4.90 Å². The first-order chi connectivity index (χ1) is 19.7. The van der Waals surface area contributed by atoms with Gasteiger partial charge < -0.3 is 14.8 Å². The summed E-state index contributed by atoms with van der Waals surface area (Å²) in [4.78, 5) is 54.7. The van der Waals surface area contributed by atoms with E-state index in [1.54, 1.807) is 49.7 Å². The molecule has 9 heteroatoms. The Morgan fingerprint density at radius 1 is 0.780 bits per heavy atom. The topological polar surface area (TPSA) is 102 Å². The third-order valence-corrected chi connectivity index (χ3v) is 6.40. The van der Waals surface area contributed by atoms with Crippen molar-refractivity contribution in [1.82, 2.24) is 10.2 Å². The van der Waals surface area contributed by atoms with Crippen molar-refractivity contribution in [1.29, 1.82) is 0 Å². The molecule has 0 unspecified atom stereocenters. The molecule has 41 heavy (non-hydrogen) atoms. The van der Waals surface area contributed by atoms with E-state index in [4.69, 9.17) is 9.47 Å². The Kier molecular flexibility index (Phi) is 11.9. The smallest absolute Gasteiger partial charge is 0.420 e. The van der Waals surface area contributed by atoms with Gasteiger partial charge in [-0.15, -0.1) is 5.98 Å². The number of ketones is 1. The highest BCUT2D eigenvalue weighted by Gasteiger charge is 2.39. The van der Waals surface area contributed by atoms with E-state index >= 15 is 0 Å². The van der Waals surface area contributed by atoms with Gasteiger partial charge in [0, 0.05) is 0 Å². The molecule has 0 fully saturated rings. The lowest BCUT2D eigenvalue weighted by Gasteiger charge is -2.31. The Labute approximate surface area is 243 Å². The van der Waals surface area contributed by atoms with Gasteiger partial charge in [0.1, 0.15) is 19.3 Å². The van der Waals surface area contributed by atoms with Gasteiger partial charge >= 0.3 is 12.2 Å². The lowest BCUT2D eigenvalue weighted by atomic mass is 9.69. The van der Waals surface area contributed by atoms with Crippen LogP contribution < -0.4 is 5.32 Å². The quantitative estimate of drug-likeness (QED) is 0.322. The summed E-state index contributed by atoms with van der Waals surface area (Å²) in [5.41, 5.74) is 1.93. The van der Waals surface area contributed by atoms with Gasteiger partial charge in [-0.25, -0.2) is 9.59 Å². The average molecular weight is 557 g/mol. The van der Waals surface area contributed by atoms with Gasteiger partial charge in [0.25, 0.3) is 0 Å². The van der Waals surface area contributed by atoms with Crippen molar-refractivity contribution >= 4 is 31.2 Å². The van der Waals surface area contributed by atoms with Gasteiger partial charge in [0.05, 0.1) is 6.04 Å². The lowest BCUT2D eigenvalue weighted by Crippen LogP contribution is -2.56. The highest BCUT2D eigenvalue weighted by atomic mass is 16.6. The first kappa shape index (κ1) is 31.4. The molecule has 0 aliphatic carbocycles. The van der Waals surface area contributed by atoms with Crippen LogP contribution in [0.2, 0.25) is 0 Å². The Bertz CT molecular complexity index is 1190. The molecule has 8 nitrogen and oxygen atoms in total. The van der Waals surface area contributed by atoms with E-state index in [2.05, 4.69) is 5.32 Å². The molecule has 1 radical (unpaired) electrons. The summed E-state index contributed by atoms with van der Waals surface area (Å²) >= 11 is 0. The molecule has 2 aromatic carbocycles. The molecule has 215 valence electrons. The third-order valence-electron chi connectivity index (χ3n) is 6.40. The summed E-state index contributed by atoms with van der Waals surface area (Å²) < 4.78 is 11.0. The third kappa shape index (κ3) is 9.78. The van der Waals surface area contributed by atoms with Crippen LogP contribution in [0.5, 0.6) is 0 Å². The minimum absolute atomic E-state index is 0.0774. The van der Waals surface area contributed by atoms with Crippen LogP contribution in [0.1, 0.15) is 51.7 Å². The molecular formula is C32H38BN2O6. The first-order valence-electron chi connectivity index (χ1n) is 13.9. The van der Waals surface area contributed by atoms with Crippen molar-refractivity contribution in [2.24, 2.45) is 11.8 Å². The zero-order chi connectivity index (χ0) is 29.8. The number of allylic oxidation sites excluding steroid dienone is 2. The fourth-order valence-electron chi connectivity index (χ4n) is 4.39. The first-order valence-corrected chi connectivity index (χ1v) is 13.9. The van der Waals surface area contributed by atoms with E-state index in [1.165, 1.54) is 0 Å². The summed E-state index contributed by atoms with van der Waals surface area (Å²) in [5, 5.41) is 2.83. The molecule has 3 amide bonds. The number of hydrogen-bond donors (Lipinski definition) is 1. The number of rotatable bonds is 13. The molecule has 0 saturated carbocycles. The van der Waals surface area contributed by atoms with Crippen LogP contribution in [0.15, 0.2) is 84.3 Å². The molecule has 1 heterocycles. The van der Waals surface area contributed by atoms with Crippen molar-refractivity contribution in [3.05, 3.63) is 95.4 Å². The van der Waals surface area contributed by atoms with Crippen molar-refractivity contribution in [2.45, 2.75) is 65.8 Å². The normalized spacial score (nSPS) is 13.7. The Hall–Kier alpha value is -4.14. The predicted molar refractivity (Wildman–Crippen MR) is 158 cm³/mol. The average Bonchev–Trinajstić information content (AvgIpc) is 3.50. The van der Waals surface area contributed by atoms with E-state index in [0.29, 0.717) is 11.9 Å². The van der Waals surface area contributed by atoms with E-state index in [-0.39, 0.29) is 37.3 Å². The van der Waals surface area contributed by atoms with Gasteiger partial charge in [0.15, 0.2) is 13.1 Å². The molecular weight excluding hydrogens is 519 g/mol. The summed E-state index contributed by atoms with van der Waals surface area (Å²) in [5.74, 6) is 0.927. The highest BCUT2D eigenvalue weighted by Crippen LogP contribution is 2.19. The molecule has 0 aromatic heterocycles. The number of Topliss-reactive ketones (excluding diaryl/α,β-unsaturated/α-hetero) is 1. The van der Waals surface area contributed by atoms with Gasteiger partial charge in [-0.05, 0) is 41.3 Å². The van der Waals surface area contributed by atoms with Crippen molar-refractivity contribution < 1.29 is 28.7 Å². The molecule has 2 aromatic rings. The van der Waals surface area contributed by atoms with E-state index in [0.717, 1.165) is 16.0 Å². The number of hydrogen-bond acceptors (Lipinski definition) is 6. The van der Waals surface area contributed by atoms with Crippen LogP contribution in [0.25, 0.3) is 0 Å². The zero-order valence-corrected chi connectivity index (χ0v) is 24.1. The zero-order valence-electron chi connectivity index (χ0n) is 24.1. The maximum atomic E-state index is 13.8. The second-order valence-corrected chi connectivity index (χ2v) is 10.8. The Morgan fingerprint density at radius 3 is 1.73 bits per heavy atom. The van der Waals surface area contributed by atoms with Crippen LogP contribution in [0.3, 0.4) is 0 Å². The molecule has 0 saturated heterocycles. The maximum Gasteiger partial charge on any atom is 0.420 e. The fraction of sp³-hybridized carbons (Fsp3) is 0.375. The monoisotopic (exact) mass is 557 g/mol. The van der Waals surface area contributed by atoms with Crippen molar-refractivity contribution in [2.75, 3.05) is 0 Å². The minimum Gasteiger partial charge on any atom is -0.444 e. The molecule has 2 atom stereocenters. The summed E-state index contributed by atoms with van der Waals surface area (Å²) in [7, 11) is 1.70. The van der Waals surface area contributed by atoms with Crippen LogP contribution in [-0.4, -0.2) is 48.1 Å². The number of imide groups is 1. The Balaban J connectivity index is 1.87. The maximum absolute atomic E-state index is 13.8. The predicted octanol–water partition coefficient (Wildman–Crippen LogP) is 5.59. The van der Waals surface area contributed by atoms with Crippen molar-refractivity contribution in [3.8, 4) is 0 Å². The van der Waals surface area contributed by atoms with E-state index in [1.807, 2.05) is 64.1 Å². The molecule has 3 rings (SSSR count). The largest absolute Gasteiger partial charge is 0.444 e. The highest BCUT2D eigenvalue weighted by molar-refractivity contribution is 6.60. The number of ether oxygens (including phenoxy) is 2. The summed E-state index contributed by atoms with van der Waals surface area (Å²) in [6.45, 7) is 7.48. The molecule has 1 N–H and O–H groups in total. The Morgan fingerprint density at radius 2 is 1.29 bits per heavy atom. The molecule has 0 bridgehead atoms. The molecule has 0 spiro atoms. The second-order valence-electron chi connectivity index (χ2n) is 10.8. The SMILES string of the molecule is CC(C)C[C@H](NC(=O)[C@H](CC(C)C)N(C(=O)OCc1ccccc1)C(=O)OCc1ccccc1)C(=O)C1=CC=C[B]1. The van der Waals surface area contributed by atoms with Crippen LogP contribution in [0, 0.1) is 11.8 Å². The number of benzene rings is 2. The standard InChI is InChI=1S/C32H38BN2O6/c1-22(2)18-27(29(36)26-16-11-17-33-26)34-30(37)28(19-23(3)4)35(31(38)40-20-24-12-7-5-8-13-24)32(39)41-21-25-14-9-6-10-15-25/h5-17,22-23,27-28H,18-21H2,1-4H3,(H,34,37)/t27-,28-/m0/s1. The number of nitrogens with one attached hydrogen (secondary N) is 1. The van der Waals surface area contributed by atoms with Crippen LogP contribution >= 0.6 is 0 Å². The number of carbonyl (C=O) groups excluding carboxylic acids is 4. The van der Waals surface area contributed by atoms with Gasteiger partial charge in [0.2, 0.25) is 5.91 Å². The van der Waals surface area contributed by atoms with Crippen LogP contribution in [0.4, 0.5) is 9.59 Å². The minimum atomic E-state index is -1.26. The second kappa shape index (κ2) is 15.6. The van der Waals surface area contributed by atoms with Gasteiger partial charge in [-0.3, -0.25) is 9.59 Å².